The third kappa shape index (κ3) is 8.60. The fourth-order valence-corrected chi connectivity index (χ4v) is 6.21. The molecule has 1 aliphatic rings. The average Bonchev–Trinajstić information content (AvgIpc) is 2.88. The van der Waals surface area contributed by atoms with Gasteiger partial charge in [0.25, 0.3) is 0 Å². The predicted molar refractivity (Wildman–Crippen MR) is 163 cm³/mol. The summed E-state index contributed by atoms with van der Waals surface area (Å²) in [6.45, 7) is 7.70. The van der Waals surface area contributed by atoms with Crippen LogP contribution in [0.1, 0.15) is 77.3 Å². The first-order chi connectivity index (χ1) is 18.7. The number of carbonyl (C=O) groups is 2. The lowest BCUT2D eigenvalue weighted by molar-refractivity contribution is -0.140. The summed E-state index contributed by atoms with van der Waals surface area (Å²) in [7, 11) is -3.81. The fourth-order valence-electron chi connectivity index (χ4n) is 5.04. The monoisotopic (exact) mass is 609 g/mol. The van der Waals surface area contributed by atoms with Gasteiger partial charge < -0.3 is 10.2 Å². The van der Waals surface area contributed by atoms with Gasteiger partial charge in [-0.15, -0.1) is 0 Å². The molecule has 0 aliphatic heterocycles. The normalized spacial score (nSPS) is 15.4. The standard InChI is InChI=1S/C30H41Cl2N3O4S/c1-6-27(29(37)33-23-10-8-7-9-11-23)34(19-21-12-17-25(31)26(32)18-21)28(36)20-35(40(5,38)39)24-15-13-22(14-16-24)30(2,3)4/h12-18,23,27H,6-11,19-20H2,1-5H3,(H,33,37). The van der Waals surface area contributed by atoms with Gasteiger partial charge in [0.15, 0.2) is 0 Å². The van der Waals surface area contributed by atoms with Crippen molar-refractivity contribution >= 4 is 50.7 Å². The van der Waals surface area contributed by atoms with E-state index in [1.165, 1.54) is 4.90 Å². The van der Waals surface area contributed by atoms with Gasteiger partial charge in [-0.25, -0.2) is 8.42 Å². The Morgan fingerprint density at radius 2 is 1.62 bits per heavy atom. The van der Waals surface area contributed by atoms with E-state index in [0.29, 0.717) is 27.7 Å². The van der Waals surface area contributed by atoms with Crippen LogP contribution in [0.4, 0.5) is 5.69 Å². The van der Waals surface area contributed by atoms with Crippen molar-refractivity contribution in [1.29, 1.82) is 0 Å². The van der Waals surface area contributed by atoms with Crippen molar-refractivity contribution in [2.45, 2.75) is 90.3 Å². The molecule has 2 aromatic carbocycles. The molecule has 0 spiro atoms. The van der Waals surface area contributed by atoms with Gasteiger partial charge in [0.1, 0.15) is 12.6 Å². The molecule has 2 amide bonds. The lowest BCUT2D eigenvalue weighted by atomic mass is 9.87. The van der Waals surface area contributed by atoms with Crippen LogP contribution in [0.15, 0.2) is 42.5 Å². The van der Waals surface area contributed by atoms with E-state index in [1.807, 2.05) is 19.1 Å². The summed E-state index contributed by atoms with van der Waals surface area (Å²) in [6, 6.07) is 11.5. The number of benzene rings is 2. The Kier molecular flexibility index (Phi) is 10.9. The third-order valence-electron chi connectivity index (χ3n) is 7.37. The lowest BCUT2D eigenvalue weighted by Gasteiger charge is -2.34. The Balaban J connectivity index is 1.94. The molecule has 0 saturated heterocycles. The van der Waals surface area contributed by atoms with Crippen LogP contribution in [0.25, 0.3) is 0 Å². The van der Waals surface area contributed by atoms with E-state index in [9.17, 15) is 18.0 Å². The summed E-state index contributed by atoms with van der Waals surface area (Å²) in [5.74, 6) is -0.717. The molecule has 2 aromatic rings. The molecule has 1 unspecified atom stereocenters. The molecule has 1 atom stereocenters. The van der Waals surface area contributed by atoms with Gasteiger partial charge in [-0.1, -0.05) is 88.4 Å². The number of carbonyl (C=O) groups excluding carboxylic acids is 2. The van der Waals surface area contributed by atoms with Crippen LogP contribution in [-0.4, -0.2) is 50.0 Å². The van der Waals surface area contributed by atoms with E-state index in [4.69, 9.17) is 23.2 Å². The van der Waals surface area contributed by atoms with Crippen LogP contribution in [-0.2, 0) is 31.6 Å². The molecule has 1 aliphatic carbocycles. The van der Waals surface area contributed by atoms with Crippen LogP contribution in [0, 0.1) is 0 Å². The van der Waals surface area contributed by atoms with E-state index >= 15 is 0 Å². The maximum Gasteiger partial charge on any atom is 0.244 e. The van der Waals surface area contributed by atoms with Gasteiger partial charge in [0.05, 0.1) is 22.0 Å². The first-order valence-corrected chi connectivity index (χ1v) is 16.4. The molecule has 7 nitrogen and oxygen atoms in total. The number of nitrogens with one attached hydrogen (secondary N) is 1. The number of sulfonamides is 1. The molecule has 220 valence electrons. The molecule has 0 bridgehead atoms. The zero-order chi connectivity index (χ0) is 29.7. The Labute approximate surface area is 249 Å². The zero-order valence-corrected chi connectivity index (χ0v) is 26.4. The average molecular weight is 611 g/mol. The number of anilines is 1. The summed E-state index contributed by atoms with van der Waals surface area (Å²) in [5.41, 5.74) is 2.01. The smallest absolute Gasteiger partial charge is 0.244 e. The number of halogens is 2. The number of hydrogen-bond acceptors (Lipinski definition) is 4. The Morgan fingerprint density at radius 1 is 1.00 bits per heavy atom. The van der Waals surface area contributed by atoms with Crippen LogP contribution in [0.2, 0.25) is 10.0 Å². The third-order valence-corrected chi connectivity index (χ3v) is 9.25. The quantitative estimate of drug-likeness (QED) is 0.342. The van der Waals surface area contributed by atoms with Crippen molar-refractivity contribution in [2.75, 3.05) is 17.1 Å². The Morgan fingerprint density at radius 3 is 2.15 bits per heavy atom. The minimum absolute atomic E-state index is 0.0751. The highest BCUT2D eigenvalue weighted by Gasteiger charge is 2.33. The van der Waals surface area contributed by atoms with Gasteiger partial charge in [-0.05, 0) is 60.1 Å². The molecular weight excluding hydrogens is 569 g/mol. The van der Waals surface area contributed by atoms with Crippen LogP contribution in [0.5, 0.6) is 0 Å². The van der Waals surface area contributed by atoms with E-state index in [0.717, 1.165) is 48.2 Å². The zero-order valence-electron chi connectivity index (χ0n) is 24.0. The van der Waals surface area contributed by atoms with Crippen LogP contribution < -0.4 is 9.62 Å². The first-order valence-electron chi connectivity index (χ1n) is 13.8. The van der Waals surface area contributed by atoms with Crippen molar-refractivity contribution in [2.24, 2.45) is 0 Å². The fraction of sp³-hybridized carbons (Fsp3) is 0.533. The Bertz CT molecular complexity index is 1290. The minimum atomic E-state index is -3.81. The van der Waals surface area contributed by atoms with Crippen molar-refractivity contribution in [3.05, 3.63) is 63.6 Å². The minimum Gasteiger partial charge on any atom is -0.352 e. The lowest BCUT2D eigenvalue weighted by Crippen LogP contribution is -2.53. The van der Waals surface area contributed by atoms with Crippen LogP contribution >= 0.6 is 23.2 Å². The molecular formula is C30H41Cl2N3O4S. The van der Waals surface area contributed by atoms with E-state index in [-0.39, 0.29) is 23.9 Å². The summed E-state index contributed by atoms with van der Waals surface area (Å²) < 4.78 is 26.9. The number of hydrogen-bond donors (Lipinski definition) is 1. The maximum atomic E-state index is 13.9. The van der Waals surface area contributed by atoms with Crippen molar-refractivity contribution < 1.29 is 18.0 Å². The SMILES string of the molecule is CCC(C(=O)NC1CCCCC1)N(Cc1ccc(Cl)c(Cl)c1)C(=O)CN(c1ccc(C(C)(C)C)cc1)S(C)(=O)=O. The molecule has 3 rings (SSSR count). The second-order valence-corrected chi connectivity index (χ2v) is 14.3. The van der Waals surface area contributed by atoms with E-state index < -0.39 is 28.5 Å². The van der Waals surface area contributed by atoms with E-state index in [2.05, 4.69) is 26.1 Å². The van der Waals surface area contributed by atoms with Crippen molar-refractivity contribution in [1.82, 2.24) is 10.2 Å². The van der Waals surface area contributed by atoms with E-state index in [1.54, 1.807) is 30.3 Å². The molecule has 0 heterocycles. The largest absolute Gasteiger partial charge is 0.352 e. The van der Waals surface area contributed by atoms with Crippen molar-refractivity contribution in [3.8, 4) is 0 Å². The summed E-state index contributed by atoms with van der Waals surface area (Å²) in [6.07, 6.45) is 6.54. The molecule has 0 radical (unpaired) electrons. The highest BCUT2D eigenvalue weighted by molar-refractivity contribution is 7.92. The van der Waals surface area contributed by atoms with Gasteiger partial charge >= 0.3 is 0 Å². The molecule has 1 saturated carbocycles. The highest BCUT2D eigenvalue weighted by Crippen LogP contribution is 2.27. The molecule has 10 heteroatoms. The Hall–Kier alpha value is -2.29. The van der Waals surface area contributed by atoms with Crippen LogP contribution in [0.3, 0.4) is 0 Å². The van der Waals surface area contributed by atoms with Gasteiger partial charge in [0, 0.05) is 12.6 Å². The molecule has 1 fully saturated rings. The highest BCUT2D eigenvalue weighted by atomic mass is 35.5. The second-order valence-electron chi connectivity index (χ2n) is 11.6. The summed E-state index contributed by atoms with van der Waals surface area (Å²) in [5, 5.41) is 3.85. The maximum absolute atomic E-state index is 13.9. The number of nitrogens with zero attached hydrogens (tertiary/aromatic N) is 2. The molecule has 0 aromatic heterocycles. The number of amides is 2. The number of rotatable bonds is 10. The summed E-state index contributed by atoms with van der Waals surface area (Å²) >= 11 is 12.4. The van der Waals surface area contributed by atoms with Gasteiger partial charge in [-0.2, -0.15) is 0 Å². The molecule has 1 N–H and O–H groups in total. The predicted octanol–water partition coefficient (Wildman–Crippen LogP) is 6.31. The first kappa shape index (κ1) is 32.2. The topological polar surface area (TPSA) is 86.8 Å². The second kappa shape index (κ2) is 13.6. The van der Waals surface area contributed by atoms with Crippen molar-refractivity contribution in [3.63, 3.8) is 0 Å². The van der Waals surface area contributed by atoms with Gasteiger partial charge in [-0.3, -0.25) is 13.9 Å². The van der Waals surface area contributed by atoms with Gasteiger partial charge in [0.2, 0.25) is 21.8 Å². The molecule has 40 heavy (non-hydrogen) atoms. The summed E-state index contributed by atoms with van der Waals surface area (Å²) in [4.78, 5) is 28.9.